The van der Waals surface area contributed by atoms with Gasteiger partial charge in [-0.3, -0.25) is 4.79 Å². The Morgan fingerprint density at radius 1 is 1.50 bits per heavy atom. The first kappa shape index (κ1) is 12.8. The molecule has 1 rings (SSSR count). The van der Waals surface area contributed by atoms with E-state index in [1.807, 2.05) is 19.1 Å². The fourth-order valence-electron chi connectivity index (χ4n) is 1.25. The highest BCUT2D eigenvalue weighted by molar-refractivity contribution is 6.18. The van der Waals surface area contributed by atoms with Gasteiger partial charge < -0.3 is 10.1 Å². The topological polar surface area (TPSA) is 38.3 Å². The van der Waals surface area contributed by atoms with Crippen LogP contribution in [-0.2, 0) is 0 Å². The van der Waals surface area contributed by atoms with Gasteiger partial charge in [0.2, 0.25) is 0 Å². The maximum absolute atomic E-state index is 11.8. The van der Waals surface area contributed by atoms with Gasteiger partial charge in [0.25, 0.3) is 5.91 Å². The first-order chi connectivity index (χ1) is 7.69. The van der Waals surface area contributed by atoms with Gasteiger partial charge in [0.05, 0.1) is 12.7 Å². The molecule has 0 aliphatic carbocycles. The highest BCUT2D eigenvalue weighted by Gasteiger charge is 2.11. The number of ether oxygens (including phenoxy) is 1. The van der Waals surface area contributed by atoms with Gasteiger partial charge in [0.15, 0.2) is 0 Å². The van der Waals surface area contributed by atoms with E-state index in [1.54, 1.807) is 19.2 Å². The summed E-state index contributed by atoms with van der Waals surface area (Å²) in [7, 11) is 1.55. The van der Waals surface area contributed by atoms with Gasteiger partial charge in [-0.2, -0.15) is 0 Å². The summed E-state index contributed by atoms with van der Waals surface area (Å²) in [6, 6.07) is 7.14. The van der Waals surface area contributed by atoms with Gasteiger partial charge >= 0.3 is 0 Å². The van der Waals surface area contributed by atoms with Crippen LogP contribution in [0.4, 0.5) is 0 Å². The van der Waals surface area contributed by atoms with E-state index in [9.17, 15) is 4.79 Å². The molecule has 0 saturated heterocycles. The molecule has 88 valence electrons. The molecule has 0 saturated carbocycles. The van der Waals surface area contributed by atoms with Crippen molar-refractivity contribution in [3.8, 4) is 5.75 Å². The van der Waals surface area contributed by atoms with Crippen molar-refractivity contribution < 1.29 is 9.53 Å². The largest absolute Gasteiger partial charge is 0.496 e. The molecule has 0 fully saturated rings. The van der Waals surface area contributed by atoms with Gasteiger partial charge in [-0.25, -0.2) is 0 Å². The van der Waals surface area contributed by atoms with E-state index in [-0.39, 0.29) is 11.8 Å². The Hall–Kier alpha value is -1.22. The number of halogens is 1. The molecule has 1 atom stereocenters. The molecule has 0 radical (unpaired) electrons. The number of hydrogen-bond acceptors (Lipinski definition) is 2. The van der Waals surface area contributed by atoms with Crippen LogP contribution >= 0.6 is 11.6 Å². The molecule has 0 aliphatic heterocycles. The minimum atomic E-state index is -0.130. The summed E-state index contributed by atoms with van der Waals surface area (Å²) >= 11 is 5.66. The van der Waals surface area contributed by atoms with Crippen LogP contribution < -0.4 is 10.1 Å². The lowest BCUT2D eigenvalue weighted by Crippen LogP contribution is -2.29. The molecule has 1 amide bonds. The number of rotatable bonds is 5. The van der Waals surface area contributed by atoms with Crippen molar-refractivity contribution >= 4 is 17.5 Å². The zero-order chi connectivity index (χ0) is 12.0. The van der Waals surface area contributed by atoms with Crippen LogP contribution in [0.5, 0.6) is 5.75 Å². The lowest BCUT2D eigenvalue weighted by atomic mass is 10.1. The van der Waals surface area contributed by atoms with Crippen LogP contribution in [0.15, 0.2) is 24.3 Å². The van der Waals surface area contributed by atoms with Crippen molar-refractivity contribution in [2.24, 2.45) is 5.92 Å². The minimum absolute atomic E-state index is 0.130. The van der Waals surface area contributed by atoms with Crippen molar-refractivity contribution in [3.05, 3.63) is 29.8 Å². The average Bonchev–Trinajstić information content (AvgIpc) is 2.35. The summed E-state index contributed by atoms with van der Waals surface area (Å²) in [5.41, 5.74) is 0.548. The first-order valence-corrected chi connectivity index (χ1v) is 5.69. The molecule has 0 heterocycles. The fourth-order valence-corrected chi connectivity index (χ4v) is 1.36. The smallest absolute Gasteiger partial charge is 0.255 e. The number of benzene rings is 1. The minimum Gasteiger partial charge on any atom is -0.496 e. The van der Waals surface area contributed by atoms with Gasteiger partial charge in [0.1, 0.15) is 5.75 Å². The van der Waals surface area contributed by atoms with Crippen molar-refractivity contribution in [3.63, 3.8) is 0 Å². The molecule has 0 aromatic heterocycles. The van der Waals surface area contributed by atoms with E-state index in [0.717, 1.165) is 0 Å². The summed E-state index contributed by atoms with van der Waals surface area (Å²) in [5.74, 6) is 1.25. The van der Waals surface area contributed by atoms with Crippen LogP contribution in [0.1, 0.15) is 17.3 Å². The summed E-state index contributed by atoms with van der Waals surface area (Å²) < 4.78 is 5.11. The Morgan fingerprint density at radius 3 is 2.81 bits per heavy atom. The average molecular weight is 242 g/mol. The molecule has 1 N–H and O–H groups in total. The quantitative estimate of drug-likeness (QED) is 0.804. The summed E-state index contributed by atoms with van der Waals surface area (Å²) in [6.45, 7) is 2.55. The van der Waals surface area contributed by atoms with Crippen molar-refractivity contribution in [1.82, 2.24) is 5.32 Å². The zero-order valence-corrected chi connectivity index (χ0v) is 10.3. The van der Waals surface area contributed by atoms with E-state index in [0.29, 0.717) is 23.7 Å². The highest BCUT2D eigenvalue weighted by atomic mass is 35.5. The second kappa shape index (κ2) is 6.38. The molecule has 4 heteroatoms. The number of methoxy groups -OCH3 is 1. The van der Waals surface area contributed by atoms with Gasteiger partial charge in [-0.1, -0.05) is 19.1 Å². The number of nitrogens with one attached hydrogen (secondary N) is 1. The molecule has 3 nitrogen and oxygen atoms in total. The fraction of sp³-hybridized carbons (Fsp3) is 0.417. The Bertz CT molecular complexity index is 355. The molecule has 0 spiro atoms. The number of para-hydroxylation sites is 1. The molecule has 0 aliphatic rings. The third kappa shape index (κ3) is 3.42. The molecule has 1 unspecified atom stereocenters. The SMILES string of the molecule is COc1ccccc1C(=O)NCC(C)CCl. The van der Waals surface area contributed by atoms with Crippen LogP contribution in [-0.4, -0.2) is 25.4 Å². The van der Waals surface area contributed by atoms with Gasteiger partial charge in [0, 0.05) is 12.4 Å². The Labute approximate surface area is 101 Å². The van der Waals surface area contributed by atoms with Crippen LogP contribution in [0.3, 0.4) is 0 Å². The van der Waals surface area contributed by atoms with E-state index < -0.39 is 0 Å². The van der Waals surface area contributed by atoms with Crippen molar-refractivity contribution in [2.75, 3.05) is 19.5 Å². The zero-order valence-electron chi connectivity index (χ0n) is 9.50. The van der Waals surface area contributed by atoms with Crippen molar-refractivity contribution in [2.45, 2.75) is 6.92 Å². The van der Waals surface area contributed by atoms with E-state index in [1.165, 1.54) is 0 Å². The summed E-state index contributed by atoms with van der Waals surface area (Å²) in [6.07, 6.45) is 0. The Balaban J connectivity index is 2.65. The molecule has 1 aromatic rings. The Kier molecular flexibility index (Phi) is 5.12. The van der Waals surface area contributed by atoms with Crippen molar-refractivity contribution in [1.29, 1.82) is 0 Å². The second-order valence-corrected chi connectivity index (χ2v) is 3.98. The lowest BCUT2D eigenvalue weighted by molar-refractivity contribution is 0.0946. The normalized spacial score (nSPS) is 11.9. The number of hydrogen-bond donors (Lipinski definition) is 1. The number of alkyl halides is 1. The van der Waals surface area contributed by atoms with Crippen LogP contribution in [0.25, 0.3) is 0 Å². The third-order valence-electron chi connectivity index (χ3n) is 2.23. The van der Waals surface area contributed by atoms with E-state index in [2.05, 4.69) is 5.32 Å². The standard InChI is InChI=1S/C12H16ClNO2/c1-9(7-13)8-14-12(15)10-5-3-4-6-11(10)16-2/h3-6,9H,7-8H2,1-2H3,(H,14,15). The maximum atomic E-state index is 11.8. The molecule has 16 heavy (non-hydrogen) atoms. The van der Waals surface area contributed by atoms with Crippen LogP contribution in [0.2, 0.25) is 0 Å². The molecular formula is C12H16ClNO2. The first-order valence-electron chi connectivity index (χ1n) is 5.16. The summed E-state index contributed by atoms with van der Waals surface area (Å²) in [4.78, 5) is 11.8. The number of carbonyl (C=O) groups excluding carboxylic acids is 1. The van der Waals surface area contributed by atoms with Gasteiger partial charge in [-0.15, -0.1) is 11.6 Å². The molecule has 1 aromatic carbocycles. The van der Waals surface area contributed by atoms with E-state index in [4.69, 9.17) is 16.3 Å². The molecular weight excluding hydrogens is 226 g/mol. The third-order valence-corrected chi connectivity index (χ3v) is 2.75. The molecule has 0 bridgehead atoms. The second-order valence-electron chi connectivity index (χ2n) is 3.67. The number of amides is 1. The highest BCUT2D eigenvalue weighted by Crippen LogP contribution is 2.16. The van der Waals surface area contributed by atoms with E-state index >= 15 is 0 Å². The van der Waals surface area contributed by atoms with Gasteiger partial charge in [-0.05, 0) is 18.1 Å². The predicted octanol–water partition coefficient (Wildman–Crippen LogP) is 2.30. The van der Waals surface area contributed by atoms with Crippen LogP contribution in [0, 0.1) is 5.92 Å². The predicted molar refractivity (Wildman–Crippen MR) is 65.2 cm³/mol. The monoisotopic (exact) mass is 241 g/mol. The lowest BCUT2D eigenvalue weighted by Gasteiger charge is -2.11. The maximum Gasteiger partial charge on any atom is 0.255 e. The summed E-state index contributed by atoms with van der Waals surface area (Å²) in [5, 5.41) is 2.82. The Morgan fingerprint density at radius 2 is 2.19 bits per heavy atom. The number of carbonyl (C=O) groups is 1.